The maximum absolute atomic E-state index is 13.3. The van der Waals surface area contributed by atoms with Crippen molar-refractivity contribution in [1.82, 2.24) is 19.4 Å². The Morgan fingerprint density at radius 3 is 2.36 bits per heavy atom. The van der Waals surface area contributed by atoms with Crippen molar-refractivity contribution in [3.63, 3.8) is 0 Å². The lowest BCUT2D eigenvalue weighted by molar-refractivity contribution is 0.0372. The van der Waals surface area contributed by atoms with Crippen LogP contribution < -0.4 is 5.69 Å². The second kappa shape index (κ2) is 12.3. The smallest absolute Gasteiger partial charge is 0.407 e. The summed E-state index contributed by atoms with van der Waals surface area (Å²) in [6.07, 6.45) is 2.57. The Kier molecular flexibility index (Phi) is 8.47. The highest BCUT2D eigenvalue weighted by Gasteiger charge is 2.40. The van der Waals surface area contributed by atoms with Gasteiger partial charge in [-0.15, -0.1) is 0 Å². The van der Waals surface area contributed by atoms with E-state index in [4.69, 9.17) is 0 Å². The van der Waals surface area contributed by atoms with Crippen LogP contribution in [0.1, 0.15) is 43.4 Å². The average molecular weight is 527 g/mol. The zero-order valence-electron chi connectivity index (χ0n) is 22.6. The number of hydrogen-bond acceptors (Lipinski definition) is 3. The Balaban J connectivity index is 1.48. The molecule has 0 saturated carbocycles. The van der Waals surface area contributed by atoms with E-state index in [0.717, 1.165) is 43.4 Å². The minimum absolute atomic E-state index is 0.0304. The van der Waals surface area contributed by atoms with Gasteiger partial charge in [-0.1, -0.05) is 79.7 Å². The maximum atomic E-state index is 13.3. The molecule has 39 heavy (non-hydrogen) atoms. The van der Waals surface area contributed by atoms with Gasteiger partial charge in [-0.25, -0.2) is 9.59 Å². The molecule has 5 rings (SSSR count). The van der Waals surface area contributed by atoms with Crippen LogP contribution in [0.5, 0.6) is 0 Å². The molecule has 3 unspecified atom stereocenters. The Bertz CT molecular complexity index is 1420. The maximum Gasteiger partial charge on any atom is 0.407 e. The van der Waals surface area contributed by atoms with E-state index in [2.05, 4.69) is 65.3 Å². The van der Waals surface area contributed by atoms with E-state index in [-0.39, 0.29) is 23.7 Å². The molecule has 7 nitrogen and oxygen atoms in total. The first kappa shape index (κ1) is 26.8. The molecule has 4 aromatic rings. The predicted octanol–water partition coefficient (Wildman–Crippen LogP) is 5.78. The number of nitrogens with one attached hydrogen (secondary N) is 1. The number of likely N-dealkylation sites (tertiary alicyclic amines) is 1. The molecule has 3 atom stereocenters. The molecule has 2 N–H and O–H groups in total. The fraction of sp³-hybridized carbons (Fsp3) is 0.375. The first-order chi connectivity index (χ1) is 19.0. The zero-order chi connectivity index (χ0) is 27.2. The van der Waals surface area contributed by atoms with Crippen molar-refractivity contribution in [2.24, 2.45) is 5.92 Å². The van der Waals surface area contributed by atoms with Gasteiger partial charge >= 0.3 is 11.8 Å². The average Bonchev–Trinajstić information content (AvgIpc) is 3.30. The lowest BCUT2D eigenvalue weighted by Gasteiger charge is -2.45. The van der Waals surface area contributed by atoms with E-state index in [1.807, 2.05) is 41.0 Å². The number of carboxylic acid groups (broad SMARTS) is 1. The SMILES string of the molecule is CCC(C1CN(C(=O)O)CCC1n1c(=O)[nH]c2ccccc21)N(CCCc1ccccc1)Cc1ccccc1. The standard InChI is InChI=1S/C32H38N4O3/c1-2-28(34(22-25-14-7-4-8-15-25)20-11-16-24-12-5-3-6-13-24)26-23-35(32(38)39)21-19-29(26)36-30-18-10-9-17-27(30)33-31(36)37/h3-10,12-15,17-18,26,28-29H,2,11,16,19-23H2,1H3,(H,33,37)(H,38,39). The molecule has 1 fully saturated rings. The number of carbonyl (C=O) groups is 1. The Morgan fingerprint density at radius 2 is 1.67 bits per heavy atom. The monoisotopic (exact) mass is 526 g/mol. The number of aromatic amines is 1. The third kappa shape index (κ3) is 6.09. The summed E-state index contributed by atoms with van der Waals surface area (Å²) in [5.41, 5.74) is 4.14. The molecule has 1 aromatic heterocycles. The fourth-order valence-electron chi connectivity index (χ4n) is 6.39. The minimum Gasteiger partial charge on any atom is -0.465 e. The van der Waals surface area contributed by atoms with Gasteiger partial charge in [-0.05, 0) is 55.5 Å². The molecular weight excluding hydrogens is 488 g/mol. The molecule has 0 spiro atoms. The van der Waals surface area contributed by atoms with Crippen molar-refractivity contribution in [2.45, 2.75) is 51.2 Å². The normalized spacial score (nSPS) is 18.5. The second-order valence-electron chi connectivity index (χ2n) is 10.6. The summed E-state index contributed by atoms with van der Waals surface area (Å²) < 4.78 is 1.90. The molecule has 0 bridgehead atoms. The van der Waals surface area contributed by atoms with Crippen molar-refractivity contribution in [3.8, 4) is 0 Å². The van der Waals surface area contributed by atoms with Crippen LogP contribution in [0.2, 0.25) is 0 Å². The first-order valence-corrected chi connectivity index (χ1v) is 14.0. The topological polar surface area (TPSA) is 81.6 Å². The molecule has 0 aliphatic carbocycles. The summed E-state index contributed by atoms with van der Waals surface area (Å²) in [6.45, 7) is 4.70. The van der Waals surface area contributed by atoms with Gasteiger partial charge in [0.25, 0.3) is 0 Å². The van der Waals surface area contributed by atoms with Crippen LogP contribution >= 0.6 is 0 Å². The largest absolute Gasteiger partial charge is 0.465 e. The van der Waals surface area contributed by atoms with E-state index in [1.165, 1.54) is 16.0 Å². The Labute approximate surface area is 229 Å². The number of nitrogens with zero attached hydrogens (tertiary/aromatic N) is 3. The van der Waals surface area contributed by atoms with Gasteiger partial charge in [-0.3, -0.25) is 9.47 Å². The number of para-hydroxylation sites is 2. The van der Waals surface area contributed by atoms with Gasteiger partial charge in [0.2, 0.25) is 0 Å². The second-order valence-corrected chi connectivity index (χ2v) is 10.6. The van der Waals surface area contributed by atoms with Crippen LogP contribution in [0.3, 0.4) is 0 Å². The van der Waals surface area contributed by atoms with Crippen LogP contribution in [-0.4, -0.2) is 56.2 Å². The fourth-order valence-corrected chi connectivity index (χ4v) is 6.39. The summed E-state index contributed by atoms with van der Waals surface area (Å²) in [4.78, 5) is 32.5. The number of piperidine rings is 1. The van der Waals surface area contributed by atoms with Gasteiger partial charge in [0.05, 0.1) is 11.0 Å². The third-order valence-electron chi connectivity index (χ3n) is 8.21. The molecule has 1 amide bonds. The number of amides is 1. The Hall–Kier alpha value is -3.84. The van der Waals surface area contributed by atoms with E-state index in [9.17, 15) is 14.7 Å². The molecule has 1 saturated heterocycles. The highest BCUT2D eigenvalue weighted by atomic mass is 16.4. The number of aromatic nitrogens is 2. The lowest BCUT2D eigenvalue weighted by Crippen LogP contribution is -2.53. The van der Waals surface area contributed by atoms with Crippen LogP contribution in [0, 0.1) is 5.92 Å². The van der Waals surface area contributed by atoms with Crippen molar-refractivity contribution in [3.05, 3.63) is 107 Å². The van der Waals surface area contributed by atoms with Crippen molar-refractivity contribution in [2.75, 3.05) is 19.6 Å². The lowest BCUT2D eigenvalue weighted by atomic mass is 9.83. The van der Waals surface area contributed by atoms with Gasteiger partial charge in [0.15, 0.2) is 0 Å². The van der Waals surface area contributed by atoms with E-state index in [1.54, 1.807) is 0 Å². The predicted molar refractivity (Wildman–Crippen MR) is 155 cm³/mol. The van der Waals surface area contributed by atoms with Gasteiger partial charge in [-0.2, -0.15) is 0 Å². The number of rotatable bonds is 10. The molecule has 1 aliphatic heterocycles. The van der Waals surface area contributed by atoms with E-state index in [0.29, 0.717) is 19.5 Å². The number of fused-ring (bicyclic) bond motifs is 1. The highest BCUT2D eigenvalue weighted by Crippen LogP contribution is 2.36. The van der Waals surface area contributed by atoms with E-state index >= 15 is 0 Å². The summed E-state index contributed by atoms with van der Waals surface area (Å²) in [6, 6.07) is 28.8. The summed E-state index contributed by atoms with van der Waals surface area (Å²) >= 11 is 0. The number of imidazole rings is 1. The molecule has 204 valence electrons. The quantitative estimate of drug-likeness (QED) is 0.274. The number of benzene rings is 3. The molecule has 0 radical (unpaired) electrons. The van der Waals surface area contributed by atoms with E-state index < -0.39 is 6.09 Å². The highest BCUT2D eigenvalue weighted by molar-refractivity contribution is 5.75. The van der Waals surface area contributed by atoms with Crippen LogP contribution in [0.25, 0.3) is 11.0 Å². The molecule has 1 aliphatic rings. The van der Waals surface area contributed by atoms with Gasteiger partial charge in [0.1, 0.15) is 0 Å². The zero-order valence-corrected chi connectivity index (χ0v) is 22.6. The molecule has 2 heterocycles. The summed E-state index contributed by atoms with van der Waals surface area (Å²) in [5, 5.41) is 9.93. The molecule has 3 aromatic carbocycles. The van der Waals surface area contributed by atoms with Gasteiger partial charge in [0, 0.05) is 37.6 Å². The minimum atomic E-state index is -0.890. The summed E-state index contributed by atoms with van der Waals surface area (Å²) in [7, 11) is 0. The number of aryl methyl sites for hydroxylation is 1. The number of hydrogen-bond donors (Lipinski definition) is 2. The van der Waals surface area contributed by atoms with Crippen LogP contribution in [0.4, 0.5) is 4.79 Å². The van der Waals surface area contributed by atoms with Crippen LogP contribution in [0.15, 0.2) is 89.7 Å². The van der Waals surface area contributed by atoms with Gasteiger partial charge < -0.3 is 15.0 Å². The molecule has 7 heteroatoms. The third-order valence-corrected chi connectivity index (χ3v) is 8.21. The molecular formula is C32H38N4O3. The van der Waals surface area contributed by atoms with Crippen molar-refractivity contribution >= 4 is 17.1 Å². The summed E-state index contributed by atoms with van der Waals surface area (Å²) in [5.74, 6) is -0.0304. The van der Waals surface area contributed by atoms with Crippen molar-refractivity contribution in [1.29, 1.82) is 0 Å². The Morgan fingerprint density at radius 1 is 1.00 bits per heavy atom. The van der Waals surface area contributed by atoms with Crippen LogP contribution in [-0.2, 0) is 13.0 Å². The number of H-pyrrole nitrogens is 1. The first-order valence-electron chi connectivity index (χ1n) is 14.0. The van der Waals surface area contributed by atoms with Crippen molar-refractivity contribution < 1.29 is 9.90 Å².